The molecular weight excluding hydrogens is 174 g/mol. The van der Waals surface area contributed by atoms with Crippen LogP contribution >= 0.6 is 0 Å². The summed E-state index contributed by atoms with van der Waals surface area (Å²) in [6.07, 6.45) is 7.43. The summed E-state index contributed by atoms with van der Waals surface area (Å²) < 4.78 is 0. The van der Waals surface area contributed by atoms with Crippen molar-refractivity contribution in [1.29, 1.82) is 0 Å². The Balaban J connectivity index is 2.29. The number of carbonyl (C=O) groups is 1. The number of allylic oxidation sites excluding steroid dienone is 2. The second kappa shape index (κ2) is 3.35. The Hall–Kier alpha value is -0.890. The van der Waals surface area contributed by atoms with Gasteiger partial charge in [-0.05, 0) is 25.7 Å². The van der Waals surface area contributed by atoms with E-state index >= 15 is 0 Å². The van der Waals surface area contributed by atoms with Crippen molar-refractivity contribution < 1.29 is 4.79 Å². The Kier molecular flexibility index (Phi) is 2.31. The van der Waals surface area contributed by atoms with Crippen molar-refractivity contribution in [2.45, 2.75) is 37.8 Å². The van der Waals surface area contributed by atoms with Crippen molar-refractivity contribution in [3.05, 3.63) is 25.3 Å². The molecule has 2 bridgehead atoms. The van der Waals surface area contributed by atoms with Crippen LogP contribution in [0.5, 0.6) is 0 Å². The molecule has 2 rings (SSSR count). The molecule has 2 atom stereocenters. The molecule has 0 aromatic heterocycles. The number of ketones is 1. The average Bonchev–Trinajstić information content (AvgIpc) is 2.71. The lowest BCUT2D eigenvalue weighted by Gasteiger charge is -2.33. The van der Waals surface area contributed by atoms with Gasteiger partial charge in [0.1, 0.15) is 0 Å². The zero-order chi connectivity index (χ0) is 10.2. The van der Waals surface area contributed by atoms with E-state index < -0.39 is 0 Å². The number of hydrogen-bond acceptors (Lipinski definition) is 2. The fourth-order valence-corrected chi connectivity index (χ4v) is 2.99. The van der Waals surface area contributed by atoms with Crippen LogP contribution in [0, 0.1) is 5.41 Å². The van der Waals surface area contributed by atoms with Crippen LogP contribution < -0.4 is 5.32 Å². The predicted molar refractivity (Wildman–Crippen MR) is 57.0 cm³/mol. The lowest BCUT2D eigenvalue weighted by atomic mass is 9.68. The Morgan fingerprint density at radius 2 is 2.00 bits per heavy atom. The molecule has 2 heteroatoms. The van der Waals surface area contributed by atoms with Crippen LogP contribution in [0.4, 0.5) is 0 Å². The van der Waals surface area contributed by atoms with Gasteiger partial charge in [-0.3, -0.25) is 4.79 Å². The summed E-state index contributed by atoms with van der Waals surface area (Å²) in [5.74, 6) is 0.383. The van der Waals surface area contributed by atoms with E-state index in [0.29, 0.717) is 11.8 Å². The summed E-state index contributed by atoms with van der Waals surface area (Å²) in [5.41, 5.74) is -0.216. The molecule has 2 saturated heterocycles. The SMILES string of the molecule is C=CCC1(CC=C)C(=O)C2CCC1N2. The molecular formula is C12H17NO. The van der Waals surface area contributed by atoms with Gasteiger partial charge in [-0.25, -0.2) is 0 Å². The van der Waals surface area contributed by atoms with E-state index in [-0.39, 0.29) is 11.5 Å². The molecule has 2 unspecified atom stereocenters. The summed E-state index contributed by atoms with van der Waals surface area (Å²) in [7, 11) is 0. The maximum absolute atomic E-state index is 12.1. The summed E-state index contributed by atoms with van der Waals surface area (Å²) >= 11 is 0. The lowest BCUT2D eigenvalue weighted by molar-refractivity contribution is -0.128. The van der Waals surface area contributed by atoms with E-state index in [1.54, 1.807) is 0 Å². The normalized spacial score (nSPS) is 33.3. The van der Waals surface area contributed by atoms with Crippen LogP contribution in [0.15, 0.2) is 25.3 Å². The van der Waals surface area contributed by atoms with E-state index in [0.717, 1.165) is 25.7 Å². The quantitative estimate of drug-likeness (QED) is 0.687. The zero-order valence-electron chi connectivity index (χ0n) is 8.46. The Bertz CT molecular complexity index is 272. The van der Waals surface area contributed by atoms with E-state index in [9.17, 15) is 4.79 Å². The van der Waals surface area contributed by atoms with Gasteiger partial charge >= 0.3 is 0 Å². The summed E-state index contributed by atoms with van der Waals surface area (Å²) in [6, 6.07) is 0.468. The third kappa shape index (κ3) is 1.10. The van der Waals surface area contributed by atoms with Crippen LogP contribution in [0.1, 0.15) is 25.7 Å². The maximum atomic E-state index is 12.1. The summed E-state index contributed by atoms with van der Waals surface area (Å²) in [6.45, 7) is 7.51. The number of nitrogens with one attached hydrogen (secondary N) is 1. The van der Waals surface area contributed by atoms with Crippen molar-refractivity contribution in [2.75, 3.05) is 0 Å². The molecule has 0 radical (unpaired) electrons. The molecule has 1 N–H and O–H groups in total. The highest BCUT2D eigenvalue weighted by Gasteiger charge is 2.56. The number of carbonyl (C=O) groups excluding carboxylic acids is 1. The third-order valence-electron chi connectivity index (χ3n) is 3.64. The van der Waals surface area contributed by atoms with Crippen LogP contribution in [0.25, 0.3) is 0 Å². The smallest absolute Gasteiger partial charge is 0.158 e. The monoisotopic (exact) mass is 191 g/mol. The van der Waals surface area contributed by atoms with Gasteiger partial charge in [-0.1, -0.05) is 12.2 Å². The molecule has 0 aromatic carbocycles. The van der Waals surface area contributed by atoms with Gasteiger partial charge in [0.2, 0.25) is 0 Å². The van der Waals surface area contributed by atoms with Crippen LogP contribution in [-0.4, -0.2) is 17.9 Å². The van der Waals surface area contributed by atoms with E-state index in [1.165, 1.54) is 0 Å². The average molecular weight is 191 g/mol. The highest BCUT2D eigenvalue weighted by molar-refractivity contribution is 5.94. The molecule has 2 fully saturated rings. The first-order chi connectivity index (χ1) is 6.74. The van der Waals surface area contributed by atoms with E-state index in [1.807, 2.05) is 12.2 Å². The molecule has 14 heavy (non-hydrogen) atoms. The lowest BCUT2D eigenvalue weighted by Crippen LogP contribution is -2.40. The number of fused-ring (bicyclic) bond motifs is 2. The van der Waals surface area contributed by atoms with Crippen LogP contribution in [0.3, 0.4) is 0 Å². The Labute approximate surface area is 85.1 Å². The van der Waals surface area contributed by atoms with Crippen LogP contribution in [-0.2, 0) is 4.79 Å². The van der Waals surface area contributed by atoms with Gasteiger partial charge in [0, 0.05) is 6.04 Å². The Morgan fingerprint density at radius 3 is 2.43 bits per heavy atom. The van der Waals surface area contributed by atoms with E-state index in [2.05, 4.69) is 18.5 Å². The maximum Gasteiger partial charge on any atom is 0.158 e. The van der Waals surface area contributed by atoms with Gasteiger partial charge in [0.15, 0.2) is 5.78 Å². The van der Waals surface area contributed by atoms with Crippen molar-refractivity contribution >= 4 is 5.78 Å². The molecule has 2 nitrogen and oxygen atoms in total. The summed E-state index contributed by atoms with van der Waals surface area (Å²) in [5, 5.41) is 3.39. The largest absolute Gasteiger partial charge is 0.304 e. The topological polar surface area (TPSA) is 29.1 Å². The minimum Gasteiger partial charge on any atom is -0.304 e. The van der Waals surface area contributed by atoms with Crippen molar-refractivity contribution in [3.63, 3.8) is 0 Å². The number of hydrogen-bond donors (Lipinski definition) is 1. The van der Waals surface area contributed by atoms with Gasteiger partial charge in [-0.2, -0.15) is 0 Å². The Morgan fingerprint density at radius 1 is 1.36 bits per heavy atom. The highest BCUT2D eigenvalue weighted by Crippen LogP contribution is 2.45. The molecule has 0 spiro atoms. The minimum absolute atomic E-state index is 0.111. The van der Waals surface area contributed by atoms with Gasteiger partial charge < -0.3 is 5.32 Å². The molecule has 0 amide bonds. The molecule has 0 aromatic rings. The number of rotatable bonds is 4. The molecule has 2 heterocycles. The highest BCUT2D eigenvalue weighted by atomic mass is 16.1. The van der Waals surface area contributed by atoms with Crippen molar-refractivity contribution in [2.24, 2.45) is 5.41 Å². The first-order valence-electron chi connectivity index (χ1n) is 5.27. The molecule has 2 aliphatic rings. The number of Topliss-reactive ketones (excluding diaryl/α,β-unsaturated/α-hetero) is 1. The van der Waals surface area contributed by atoms with Gasteiger partial charge in [0.05, 0.1) is 11.5 Å². The first-order valence-corrected chi connectivity index (χ1v) is 5.27. The fraction of sp³-hybridized carbons (Fsp3) is 0.583. The second-order valence-corrected chi connectivity index (χ2v) is 4.36. The molecule has 0 saturated carbocycles. The standard InChI is InChI=1S/C12H17NO/c1-3-7-12(8-4-2)10-6-5-9(13-10)11(12)14/h3-4,9-10,13H,1-2,5-8H2. The molecule has 76 valence electrons. The van der Waals surface area contributed by atoms with Crippen molar-refractivity contribution in [3.8, 4) is 0 Å². The third-order valence-corrected chi connectivity index (χ3v) is 3.64. The molecule has 2 aliphatic heterocycles. The summed E-state index contributed by atoms with van der Waals surface area (Å²) in [4.78, 5) is 12.1. The first kappa shape index (κ1) is 9.66. The fourth-order valence-electron chi connectivity index (χ4n) is 2.99. The predicted octanol–water partition coefficient (Wildman–Crippen LogP) is 1.83. The van der Waals surface area contributed by atoms with Gasteiger partial charge in [0.25, 0.3) is 0 Å². The zero-order valence-corrected chi connectivity index (χ0v) is 8.46. The van der Waals surface area contributed by atoms with E-state index in [4.69, 9.17) is 0 Å². The van der Waals surface area contributed by atoms with Crippen molar-refractivity contribution in [1.82, 2.24) is 5.32 Å². The van der Waals surface area contributed by atoms with Gasteiger partial charge in [-0.15, -0.1) is 13.2 Å². The molecule has 0 aliphatic carbocycles. The van der Waals surface area contributed by atoms with Crippen LogP contribution in [0.2, 0.25) is 0 Å². The minimum atomic E-state index is -0.216. The second-order valence-electron chi connectivity index (χ2n) is 4.36.